The van der Waals surface area contributed by atoms with Gasteiger partial charge in [0, 0.05) is 11.6 Å². The van der Waals surface area contributed by atoms with Gasteiger partial charge in [0.1, 0.15) is 0 Å². The summed E-state index contributed by atoms with van der Waals surface area (Å²) in [6.07, 6.45) is 0. The summed E-state index contributed by atoms with van der Waals surface area (Å²) in [5.41, 5.74) is 2.94. The summed E-state index contributed by atoms with van der Waals surface area (Å²) in [4.78, 5) is 17.0. The zero-order valence-corrected chi connectivity index (χ0v) is 11.1. The van der Waals surface area contributed by atoms with Crippen molar-refractivity contribution >= 4 is 5.91 Å². The van der Waals surface area contributed by atoms with Crippen molar-refractivity contribution in [1.82, 2.24) is 10.6 Å². The van der Waals surface area contributed by atoms with Crippen molar-refractivity contribution in [1.29, 1.82) is 0 Å². The fourth-order valence-corrected chi connectivity index (χ4v) is 1.37. The Hall–Kier alpha value is -2.14. The van der Waals surface area contributed by atoms with Gasteiger partial charge in [0.2, 0.25) is 0 Å². The zero-order valence-electron chi connectivity index (χ0n) is 11.1. The van der Waals surface area contributed by atoms with Crippen LogP contribution in [0.3, 0.4) is 0 Å². The van der Waals surface area contributed by atoms with Crippen LogP contribution >= 0.6 is 0 Å². The maximum atomic E-state index is 11.8. The van der Waals surface area contributed by atoms with Crippen molar-refractivity contribution in [3.05, 3.63) is 42.1 Å². The smallest absolute Gasteiger partial charge is 0.297 e. The number of hydrogen-bond donors (Lipinski definition) is 1. The van der Waals surface area contributed by atoms with Crippen LogP contribution in [0.2, 0.25) is 0 Å². The molecule has 0 spiro atoms. The van der Waals surface area contributed by atoms with E-state index in [1.807, 2.05) is 51.1 Å². The maximum Gasteiger partial charge on any atom is 0.297 e. The number of carbonyl (C=O) groups is 1. The second kappa shape index (κ2) is 5.24. The van der Waals surface area contributed by atoms with Crippen LogP contribution in [0, 0.1) is 0 Å². The van der Waals surface area contributed by atoms with E-state index in [-0.39, 0.29) is 5.69 Å². The van der Waals surface area contributed by atoms with Crippen molar-refractivity contribution in [2.75, 3.05) is 0 Å². The molecule has 2 aromatic rings. The molecule has 0 saturated heterocycles. The summed E-state index contributed by atoms with van der Waals surface area (Å²) in [6.45, 7) is 5.52. The van der Waals surface area contributed by atoms with E-state index < -0.39 is 11.5 Å². The molecule has 0 aliphatic rings. The second-order valence-electron chi connectivity index (χ2n) is 5.09. The van der Waals surface area contributed by atoms with Crippen LogP contribution in [-0.4, -0.2) is 16.7 Å². The van der Waals surface area contributed by atoms with E-state index >= 15 is 0 Å². The number of hydroxylamine groups is 1. The molecule has 0 radical (unpaired) electrons. The molecule has 1 N–H and O–H groups in total. The van der Waals surface area contributed by atoms with Gasteiger partial charge in [0.05, 0.1) is 5.60 Å². The summed E-state index contributed by atoms with van der Waals surface area (Å²) in [7, 11) is 0. The quantitative estimate of drug-likeness (QED) is 0.862. The van der Waals surface area contributed by atoms with Crippen molar-refractivity contribution in [2.24, 2.45) is 0 Å². The molecule has 1 amide bonds. The van der Waals surface area contributed by atoms with E-state index in [0.717, 1.165) is 5.56 Å². The Labute approximate surface area is 111 Å². The largest absolute Gasteiger partial charge is 0.355 e. The van der Waals surface area contributed by atoms with Crippen LogP contribution in [0.15, 0.2) is 40.9 Å². The van der Waals surface area contributed by atoms with Gasteiger partial charge in [0.25, 0.3) is 5.91 Å². The fourth-order valence-electron chi connectivity index (χ4n) is 1.37. The molecule has 19 heavy (non-hydrogen) atoms. The molecule has 0 aliphatic heterocycles. The lowest BCUT2D eigenvalue weighted by molar-refractivity contribution is -0.0592. The Bertz CT molecular complexity index is 556. The molecule has 1 aromatic heterocycles. The van der Waals surface area contributed by atoms with Crippen LogP contribution in [-0.2, 0) is 4.84 Å². The first kappa shape index (κ1) is 13.3. The normalized spacial score (nSPS) is 11.3. The molecule has 0 aliphatic carbocycles. The lowest BCUT2D eigenvalue weighted by atomic mass is 10.1. The maximum absolute atomic E-state index is 11.8. The standard InChI is InChI=1S/C14H16N2O3/c1-14(2,3)19-16-13(17)11-9-12(18-15-11)10-7-5-4-6-8-10/h4-9H,1-3H3,(H,16,17). The zero-order chi connectivity index (χ0) is 13.9. The summed E-state index contributed by atoms with van der Waals surface area (Å²) in [5.74, 6) is 0.113. The van der Waals surface area contributed by atoms with Gasteiger partial charge in [-0.2, -0.15) is 0 Å². The molecular weight excluding hydrogens is 244 g/mol. The second-order valence-corrected chi connectivity index (χ2v) is 5.09. The highest BCUT2D eigenvalue weighted by molar-refractivity contribution is 5.92. The van der Waals surface area contributed by atoms with Gasteiger partial charge in [-0.05, 0) is 20.8 Å². The molecule has 1 aromatic carbocycles. The molecule has 1 heterocycles. The summed E-state index contributed by atoms with van der Waals surface area (Å²) in [6, 6.07) is 11.0. The monoisotopic (exact) mass is 260 g/mol. The lowest BCUT2D eigenvalue weighted by Gasteiger charge is -2.18. The van der Waals surface area contributed by atoms with Crippen LogP contribution in [0.1, 0.15) is 31.3 Å². The van der Waals surface area contributed by atoms with E-state index in [2.05, 4.69) is 10.6 Å². The molecule has 5 heteroatoms. The topological polar surface area (TPSA) is 64.4 Å². The molecule has 2 rings (SSSR count). The number of rotatable bonds is 3. The molecule has 100 valence electrons. The molecule has 0 atom stereocenters. The molecular formula is C14H16N2O3. The SMILES string of the molecule is CC(C)(C)ONC(=O)c1cc(-c2ccccc2)on1. The number of benzene rings is 1. The third-order valence-corrected chi connectivity index (χ3v) is 2.25. The van der Waals surface area contributed by atoms with Gasteiger partial charge in [-0.15, -0.1) is 0 Å². The van der Waals surface area contributed by atoms with Crippen molar-refractivity contribution < 1.29 is 14.2 Å². The van der Waals surface area contributed by atoms with E-state index in [0.29, 0.717) is 5.76 Å². The van der Waals surface area contributed by atoms with Crippen LogP contribution < -0.4 is 5.48 Å². The Morgan fingerprint density at radius 1 is 1.26 bits per heavy atom. The number of nitrogens with one attached hydrogen (secondary N) is 1. The number of hydrogen-bond acceptors (Lipinski definition) is 4. The predicted molar refractivity (Wildman–Crippen MR) is 70.2 cm³/mol. The van der Waals surface area contributed by atoms with Gasteiger partial charge >= 0.3 is 0 Å². The minimum absolute atomic E-state index is 0.183. The minimum atomic E-state index is -0.457. The molecule has 0 fully saturated rings. The molecule has 0 unspecified atom stereocenters. The predicted octanol–water partition coefficient (Wildman–Crippen LogP) is 2.80. The van der Waals surface area contributed by atoms with Crippen LogP contribution in [0.4, 0.5) is 0 Å². The van der Waals surface area contributed by atoms with Crippen molar-refractivity contribution in [2.45, 2.75) is 26.4 Å². The Morgan fingerprint density at radius 3 is 2.58 bits per heavy atom. The van der Waals surface area contributed by atoms with E-state index in [1.165, 1.54) is 0 Å². The average Bonchev–Trinajstić information content (AvgIpc) is 2.86. The molecule has 0 bridgehead atoms. The first-order valence-electron chi connectivity index (χ1n) is 5.96. The number of amides is 1. The number of aromatic nitrogens is 1. The van der Waals surface area contributed by atoms with Crippen LogP contribution in [0.25, 0.3) is 11.3 Å². The molecule has 0 saturated carbocycles. The number of nitrogens with zero attached hydrogens (tertiary/aromatic N) is 1. The van der Waals surface area contributed by atoms with Gasteiger partial charge in [-0.1, -0.05) is 35.5 Å². The summed E-state index contributed by atoms with van der Waals surface area (Å²) in [5, 5.41) is 3.73. The average molecular weight is 260 g/mol. The van der Waals surface area contributed by atoms with Crippen molar-refractivity contribution in [3.8, 4) is 11.3 Å². The molecule has 5 nitrogen and oxygen atoms in total. The highest BCUT2D eigenvalue weighted by Crippen LogP contribution is 2.19. The van der Waals surface area contributed by atoms with Crippen LogP contribution in [0.5, 0.6) is 0 Å². The Morgan fingerprint density at radius 2 is 1.95 bits per heavy atom. The van der Waals surface area contributed by atoms with Gasteiger partial charge < -0.3 is 4.52 Å². The third-order valence-electron chi connectivity index (χ3n) is 2.25. The summed E-state index contributed by atoms with van der Waals surface area (Å²) >= 11 is 0. The van der Waals surface area contributed by atoms with Crippen molar-refractivity contribution in [3.63, 3.8) is 0 Å². The minimum Gasteiger partial charge on any atom is -0.355 e. The fraction of sp³-hybridized carbons (Fsp3) is 0.286. The highest BCUT2D eigenvalue weighted by atomic mass is 16.7. The van der Waals surface area contributed by atoms with Gasteiger partial charge in [-0.25, -0.2) is 5.48 Å². The van der Waals surface area contributed by atoms with Gasteiger partial charge in [-0.3, -0.25) is 9.63 Å². The Kier molecular flexibility index (Phi) is 3.66. The van der Waals surface area contributed by atoms with E-state index in [9.17, 15) is 4.79 Å². The van der Waals surface area contributed by atoms with E-state index in [4.69, 9.17) is 9.36 Å². The van der Waals surface area contributed by atoms with E-state index in [1.54, 1.807) is 6.07 Å². The first-order valence-corrected chi connectivity index (χ1v) is 5.96. The summed E-state index contributed by atoms with van der Waals surface area (Å²) < 4.78 is 5.14. The Balaban J connectivity index is 2.07. The van der Waals surface area contributed by atoms with Gasteiger partial charge in [0.15, 0.2) is 11.5 Å². The third kappa shape index (κ3) is 3.66. The number of carbonyl (C=O) groups excluding carboxylic acids is 1. The first-order chi connectivity index (χ1) is 8.96. The lowest BCUT2D eigenvalue weighted by Crippen LogP contribution is -2.33. The highest BCUT2D eigenvalue weighted by Gasteiger charge is 2.17.